The van der Waals surface area contributed by atoms with Crippen molar-refractivity contribution in [2.45, 2.75) is 13.3 Å². The molecule has 0 radical (unpaired) electrons. The molecule has 0 saturated carbocycles. The second kappa shape index (κ2) is 3.68. The first-order chi connectivity index (χ1) is 5.81. The number of nitrogens with zero attached hydrogens (tertiary/aromatic N) is 2. The Morgan fingerprint density at radius 3 is 2.92 bits per heavy atom. The molecule has 1 aromatic rings. The topological polar surface area (TPSA) is 36.7 Å². The molecule has 1 rings (SSSR count). The summed E-state index contributed by atoms with van der Waals surface area (Å²) in [5, 5.41) is 8.57. The molecule has 0 amide bonds. The van der Waals surface area contributed by atoms with E-state index < -0.39 is 0 Å². The van der Waals surface area contributed by atoms with Gasteiger partial charge in [0, 0.05) is 0 Å². The summed E-state index contributed by atoms with van der Waals surface area (Å²) in [6.45, 7) is 5.69. The lowest BCUT2D eigenvalue weighted by atomic mass is 10.1. The molecule has 0 spiro atoms. The molecular weight excluding hydrogens is 148 g/mol. The Balaban J connectivity index is 3.21. The van der Waals surface area contributed by atoms with Gasteiger partial charge in [-0.15, -0.1) is 0 Å². The van der Waals surface area contributed by atoms with Crippen molar-refractivity contribution < 1.29 is 0 Å². The van der Waals surface area contributed by atoms with Crippen LogP contribution in [0.15, 0.2) is 18.7 Å². The summed E-state index contributed by atoms with van der Waals surface area (Å²) in [4.78, 5) is 4.10. The zero-order chi connectivity index (χ0) is 8.97. The molecule has 0 aromatic carbocycles. The molecule has 0 atom stereocenters. The van der Waals surface area contributed by atoms with Gasteiger partial charge in [-0.3, -0.25) is 0 Å². The Labute approximate surface area is 72.2 Å². The van der Waals surface area contributed by atoms with E-state index >= 15 is 0 Å². The monoisotopic (exact) mass is 158 g/mol. The Morgan fingerprint density at radius 2 is 2.42 bits per heavy atom. The fraction of sp³-hybridized carbons (Fsp3) is 0.200. The molecule has 0 unspecified atom stereocenters. The first-order valence-corrected chi connectivity index (χ1v) is 3.84. The molecule has 12 heavy (non-hydrogen) atoms. The molecule has 60 valence electrons. The Bertz CT molecular complexity index is 334. The van der Waals surface area contributed by atoms with Crippen LogP contribution in [0.1, 0.15) is 23.9 Å². The first-order valence-electron chi connectivity index (χ1n) is 3.84. The highest BCUT2D eigenvalue weighted by atomic mass is 14.7. The summed E-state index contributed by atoms with van der Waals surface area (Å²) in [7, 11) is 0. The van der Waals surface area contributed by atoms with Crippen molar-refractivity contribution in [1.29, 1.82) is 5.26 Å². The fourth-order valence-electron chi connectivity index (χ4n) is 1.04. The summed E-state index contributed by atoms with van der Waals surface area (Å²) in [6.07, 6.45) is 2.60. The lowest BCUT2D eigenvalue weighted by Crippen LogP contribution is -1.92. The van der Waals surface area contributed by atoms with Crippen molar-refractivity contribution in [1.82, 2.24) is 4.98 Å². The molecule has 0 saturated heterocycles. The number of hydrogen-bond acceptors (Lipinski definition) is 2. The van der Waals surface area contributed by atoms with Crippen LogP contribution in [0.5, 0.6) is 0 Å². The number of aryl methyl sites for hydroxylation is 1. The van der Waals surface area contributed by atoms with Crippen LogP contribution >= 0.6 is 0 Å². The molecule has 0 aliphatic rings. The highest BCUT2D eigenvalue weighted by Gasteiger charge is 1.99. The quantitative estimate of drug-likeness (QED) is 0.661. The van der Waals surface area contributed by atoms with Crippen LogP contribution in [0.2, 0.25) is 0 Å². The minimum absolute atomic E-state index is 0.446. The minimum atomic E-state index is 0.446. The van der Waals surface area contributed by atoms with Crippen molar-refractivity contribution in [3.8, 4) is 6.07 Å². The van der Waals surface area contributed by atoms with Crippen molar-refractivity contribution in [3.63, 3.8) is 0 Å². The van der Waals surface area contributed by atoms with Crippen molar-refractivity contribution >= 4 is 6.08 Å². The maximum absolute atomic E-state index is 8.57. The number of nitriles is 1. The third-order valence-electron chi connectivity index (χ3n) is 1.70. The molecule has 0 bridgehead atoms. The number of hydrogen-bond donors (Lipinski definition) is 0. The van der Waals surface area contributed by atoms with Gasteiger partial charge in [0.15, 0.2) is 0 Å². The van der Waals surface area contributed by atoms with Crippen LogP contribution in [0.3, 0.4) is 0 Å². The zero-order valence-corrected chi connectivity index (χ0v) is 7.04. The van der Waals surface area contributed by atoms with E-state index in [-0.39, 0.29) is 0 Å². The van der Waals surface area contributed by atoms with E-state index in [9.17, 15) is 0 Å². The second-order valence-electron chi connectivity index (χ2n) is 2.41. The van der Waals surface area contributed by atoms with Crippen LogP contribution in [0, 0.1) is 11.3 Å². The molecule has 0 fully saturated rings. The Hall–Kier alpha value is -1.62. The second-order valence-corrected chi connectivity index (χ2v) is 2.41. The largest absolute Gasteiger partial charge is 0.237 e. The van der Waals surface area contributed by atoms with Gasteiger partial charge in [0.2, 0.25) is 0 Å². The van der Waals surface area contributed by atoms with Crippen molar-refractivity contribution in [3.05, 3.63) is 35.7 Å². The van der Waals surface area contributed by atoms with Gasteiger partial charge in [-0.25, -0.2) is 4.98 Å². The highest BCUT2D eigenvalue weighted by molar-refractivity contribution is 5.48. The van der Waals surface area contributed by atoms with E-state index in [1.54, 1.807) is 12.1 Å². The zero-order valence-electron chi connectivity index (χ0n) is 7.04. The van der Waals surface area contributed by atoms with Gasteiger partial charge in [-0.1, -0.05) is 19.6 Å². The first kappa shape index (κ1) is 8.48. The van der Waals surface area contributed by atoms with Crippen LogP contribution < -0.4 is 0 Å². The maximum Gasteiger partial charge on any atom is 0.141 e. The third kappa shape index (κ3) is 1.51. The summed E-state index contributed by atoms with van der Waals surface area (Å²) in [5.74, 6) is 0. The maximum atomic E-state index is 8.57. The number of aromatic nitrogens is 1. The Kier molecular flexibility index (Phi) is 2.60. The predicted molar refractivity (Wildman–Crippen MR) is 48.4 cm³/mol. The van der Waals surface area contributed by atoms with Gasteiger partial charge in [0.1, 0.15) is 11.8 Å². The SMILES string of the molecule is C=Cc1nc(C#N)ccc1CC. The lowest BCUT2D eigenvalue weighted by molar-refractivity contribution is 1.08. The van der Waals surface area contributed by atoms with Gasteiger partial charge in [-0.2, -0.15) is 5.26 Å². The normalized spacial score (nSPS) is 9.00. The van der Waals surface area contributed by atoms with Crippen molar-refractivity contribution in [2.75, 3.05) is 0 Å². The molecule has 2 heteroatoms. The van der Waals surface area contributed by atoms with E-state index in [4.69, 9.17) is 5.26 Å². The van der Waals surface area contributed by atoms with Gasteiger partial charge < -0.3 is 0 Å². The van der Waals surface area contributed by atoms with Crippen LogP contribution in [0.25, 0.3) is 6.08 Å². The van der Waals surface area contributed by atoms with Gasteiger partial charge in [-0.05, 0) is 24.1 Å². The smallest absolute Gasteiger partial charge is 0.141 e. The molecule has 0 aliphatic carbocycles. The van der Waals surface area contributed by atoms with Gasteiger partial charge in [0.05, 0.1) is 5.69 Å². The number of pyridine rings is 1. The van der Waals surface area contributed by atoms with Crippen LogP contribution in [-0.2, 0) is 6.42 Å². The average molecular weight is 158 g/mol. The van der Waals surface area contributed by atoms with E-state index in [1.165, 1.54) is 0 Å². The van der Waals surface area contributed by atoms with Gasteiger partial charge >= 0.3 is 0 Å². The molecule has 1 aromatic heterocycles. The predicted octanol–water partition coefficient (Wildman–Crippen LogP) is 2.16. The van der Waals surface area contributed by atoms with Gasteiger partial charge in [0.25, 0.3) is 0 Å². The highest BCUT2D eigenvalue weighted by Crippen LogP contribution is 2.09. The average Bonchev–Trinajstić information content (AvgIpc) is 2.16. The molecule has 0 aliphatic heterocycles. The molecule has 2 nitrogen and oxygen atoms in total. The lowest BCUT2D eigenvalue weighted by Gasteiger charge is -2.00. The van der Waals surface area contributed by atoms with E-state index in [2.05, 4.69) is 18.5 Å². The molecule has 0 N–H and O–H groups in total. The van der Waals surface area contributed by atoms with E-state index in [0.29, 0.717) is 5.69 Å². The summed E-state index contributed by atoms with van der Waals surface area (Å²) in [5.41, 5.74) is 2.39. The summed E-state index contributed by atoms with van der Waals surface area (Å²) >= 11 is 0. The fourth-order valence-corrected chi connectivity index (χ4v) is 1.04. The van der Waals surface area contributed by atoms with Crippen molar-refractivity contribution in [2.24, 2.45) is 0 Å². The Morgan fingerprint density at radius 1 is 1.67 bits per heavy atom. The number of rotatable bonds is 2. The standard InChI is InChI=1S/C10H10N2/c1-3-8-5-6-9(7-11)12-10(8)4-2/h4-6H,2-3H2,1H3. The van der Waals surface area contributed by atoms with Crippen LogP contribution in [0.4, 0.5) is 0 Å². The minimum Gasteiger partial charge on any atom is -0.237 e. The van der Waals surface area contributed by atoms with E-state index in [1.807, 2.05) is 12.1 Å². The molecular formula is C10H10N2. The summed E-state index contributed by atoms with van der Waals surface area (Å²) < 4.78 is 0. The third-order valence-corrected chi connectivity index (χ3v) is 1.70. The summed E-state index contributed by atoms with van der Waals surface area (Å²) in [6, 6.07) is 5.64. The van der Waals surface area contributed by atoms with Crippen LogP contribution in [-0.4, -0.2) is 4.98 Å². The van der Waals surface area contributed by atoms with E-state index in [0.717, 1.165) is 17.7 Å². The molecule has 1 heterocycles.